The Morgan fingerprint density at radius 2 is 1.69 bits per heavy atom. The minimum atomic E-state index is 0.398. The Labute approximate surface area is 100 Å². The third-order valence-corrected chi connectivity index (χ3v) is 2.33. The highest BCUT2D eigenvalue weighted by Gasteiger charge is 2.11. The van der Waals surface area contributed by atoms with Gasteiger partial charge in [0.05, 0.1) is 13.2 Å². The van der Waals surface area contributed by atoms with Crippen LogP contribution in [0.1, 0.15) is 0 Å². The second-order valence-electron chi connectivity index (χ2n) is 3.14. The van der Waals surface area contributed by atoms with Gasteiger partial charge in [-0.2, -0.15) is 0 Å². The number of hydrogen-bond donors (Lipinski definition) is 0. The molecule has 0 saturated carbocycles. The van der Waals surface area contributed by atoms with Gasteiger partial charge in [0.1, 0.15) is 0 Å². The van der Waals surface area contributed by atoms with E-state index in [1.165, 1.54) is 0 Å². The van der Waals surface area contributed by atoms with Crippen molar-refractivity contribution in [2.24, 2.45) is 0 Å². The summed E-state index contributed by atoms with van der Waals surface area (Å²) in [5.74, 6) is 0.665. The monoisotopic (exact) mass is 245 g/mol. The van der Waals surface area contributed by atoms with Gasteiger partial charge in [-0.1, -0.05) is 11.6 Å². The van der Waals surface area contributed by atoms with Gasteiger partial charge in [0.15, 0.2) is 11.0 Å². The highest BCUT2D eigenvalue weighted by atomic mass is 35.5. The molecule has 0 N–H and O–H groups in total. The summed E-state index contributed by atoms with van der Waals surface area (Å²) < 4.78 is 10.1. The van der Waals surface area contributed by atoms with Gasteiger partial charge in [-0.25, -0.2) is 9.97 Å². The fourth-order valence-corrected chi connectivity index (χ4v) is 1.48. The molecule has 0 radical (unpaired) electrons. The summed E-state index contributed by atoms with van der Waals surface area (Å²) in [6.07, 6.45) is 3.18. The molecule has 90 valence electrons. The van der Waals surface area contributed by atoms with E-state index in [2.05, 4.69) is 9.97 Å². The van der Waals surface area contributed by atoms with Gasteiger partial charge < -0.3 is 14.4 Å². The highest BCUT2D eigenvalue weighted by molar-refractivity contribution is 6.31. The average molecular weight is 246 g/mol. The van der Waals surface area contributed by atoms with E-state index in [9.17, 15) is 0 Å². The van der Waals surface area contributed by atoms with Crippen LogP contribution in [0.5, 0.6) is 0 Å². The first kappa shape index (κ1) is 13.2. The first-order chi connectivity index (χ1) is 7.79. The molecule has 0 aliphatic heterocycles. The van der Waals surface area contributed by atoms with Gasteiger partial charge in [-0.05, 0) is 0 Å². The number of methoxy groups -OCH3 is 2. The molecule has 0 aromatic carbocycles. The van der Waals surface area contributed by atoms with E-state index < -0.39 is 0 Å². The van der Waals surface area contributed by atoms with Gasteiger partial charge in [0, 0.05) is 39.7 Å². The van der Waals surface area contributed by atoms with Crippen LogP contribution in [0.3, 0.4) is 0 Å². The lowest BCUT2D eigenvalue weighted by atomic mass is 10.4. The molecule has 0 saturated heterocycles. The molecule has 0 fully saturated rings. The summed E-state index contributed by atoms with van der Waals surface area (Å²) in [6.45, 7) is 2.63. The molecule has 6 heteroatoms. The van der Waals surface area contributed by atoms with Crippen molar-refractivity contribution in [3.63, 3.8) is 0 Å². The van der Waals surface area contributed by atoms with E-state index in [4.69, 9.17) is 21.1 Å². The minimum Gasteiger partial charge on any atom is -0.383 e. The fraction of sp³-hybridized carbons (Fsp3) is 0.600. The molecule has 1 heterocycles. The van der Waals surface area contributed by atoms with Crippen LogP contribution < -0.4 is 4.90 Å². The topological polar surface area (TPSA) is 47.5 Å². The third kappa shape index (κ3) is 3.92. The molecule has 1 aromatic heterocycles. The summed E-state index contributed by atoms with van der Waals surface area (Å²) in [6, 6.07) is 0. The molecule has 0 amide bonds. The van der Waals surface area contributed by atoms with Gasteiger partial charge >= 0.3 is 0 Å². The van der Waals surface area contributed by atoms with Crippen molar-refractivity contribution in [3.8, 4) is 0 Å². The third-order valence-electron chi connectivity index (χ3n) is 2.07. The molecule has 16 heavy (non-hydrogen) atoms. The predicted octanol–water partition coefficient (Wildman–Crippen LogP) is 1.23. The van der Waals surface area contributed by atoms with Crippen LogP contribution in [-0.4, -0.2) is 50.5 Å². The van der Waals surface area contributed by atoms with E-state index in [1.54, 1.807) is 26.6 Å². The zero-order valence-corrected chi connectivity index (χ0v) is 10.3. The Balaban J connectivity index is 2.70. The van der Waals surface area contributed by atoms with Crippen LogP contribution in [0.15, 0.2) is 12.4 Å². The number of hydrogen-bond acceptors (Lipinski definition) is 5. The number of nitrogens with zero attached hydrogens (tertiary/aromatic N) is 3. The molecule has 1 aromatic rings. The van der Waals surface area contributed by atoms with E-state index in [-0.39, 0.29) is 0 Å². The molecule has 1 rings (SSSR count). The quantitative estimate of drug-likeness (QED) is 0.723. The zero-order chi connectivity index (χ0) is 11.8. The van der Waals surface area contributed by atoms with Crippen molar-refractivity contribution in [3.05, 3.63) is 17.5 Å². The molecular formula is C10H16ClN3O2. The average Bonchev–Trinajstić information content (AvgIpc) is 2.31. The van der Waals surface area contributed by atoms with Crippen molar-refractivity contribution < 1.29 is 9.47 Å². The molecule has 5 nitrogen and oxygen atoms in total. The van der Waals surface area contributed by atoms with Crippen molar-refractivity contribution in [2.45, 2.75) is 0 Å². The Morgan fingerprint density at radius 3 is 2.19 bits per heavy atom. The number of aromatic nitrogens is 2. The van der Waals surface area contributed by atoms with Gasteiger partial charge in [-0.15, -0.1) is 0 Å². The van der Waals surface area contributed by atoms with E-state index in [1.807, 2.05) is 4.90 Å². The first-order valence-electron chi connectivity index (χ1n) is 4.99. The van der Waals surface area contributed by atoms with Crippen LogP contribution in [0.4, 0.5) is 5.82 Å². The SMILES string of the molecule is COCCN(CCOC)c1nccnc1Cl. The lowest BCUT2D eigenvalue weighted by Gasteiger charge is -2.23. The summed E-state index contributed by atoms with van der Waals surface area (Å²) in [4.78, 5) is 10.2. The van der Waals surface area contributed by atoms with Crippen LogP contribution in [0.25, 0.3) is 0 Å². The zero-order valence-electron chi connectivity index (χ0n) is 9.52. The van der Waals surface area contributed by atoms with Gasteiger partial charge in [0.25, 0.3) is 0 Å². The van der Waals surface area contributed by atoms with Crippen molar-refractivity contribution in [1.29, 1.82) is 0 Å². The molecule has 0 bridgehead atoms. The molecule has 0 aliphatic carbocycles. The van der Waals surface area contributed by atoms with Crippen LogP contribution in [-0.2, 0) is 9.47 Å². The maximum atomic E-state index is 5.98. The van der Waals surface area contributed by atoms with Crippen molar-refractivity contribution >= 4 is 17.4 Å². The van der Waals surface area contributed by atoms with Crippen LogP contribution in [0, 0.1) is 0 Å². The number of ether oxygens (including phenoxy) is 2. The Hall–Kier alpha value is -0.910. The lowest BCUT2D eigenvalue weighted by molar-refractivity contribution is 0.190. The number of anilines is 1. The molecule has 0 unspecified atom stereocenters. The maximum absolute atomic E-state index is 5.98. The predicted molar refractivity (Wildman–Crippen MR) is 63.0 cm³/mol. The van der Waals surface area contributed by atoms with Gasteiger partial charge in [0.2, 0.25) is 0 Å². The van der Waals surface area contributed by atoms with Crippen LogP contribution in [0.2, 0.25) is 5.15 Å². The summed E-state index contributed by atoms with van der Waals surface area (Å²) in [5, 5.41) is 0.398. The fourth-order valence-electron chi connectivity index (χ4n) is 1.25. The maximum Gasteiger partial charge on any atom is 0.171 e. The summed E-state index contributed by atoms with van der Waals surface area (Å²) in [7, 11) is 3.32. The highest BCUT2D eigenvalue weighted by Crippen LogP contribution is 2.19. The molecular weight excluding hydrogens is 230 g/mol. The summed E-state index contributed by atoms with van der Waals surface area (Å²) >= 11 is 5.98. The van der Waals surface area contributed by atoms with E-state index in [0.29, 0.717) is 37.3 Å². The largest absolute Gasteiger partial charge is 0.383 e. The standard InChI is InChI=1S/C10H16ClN3O2/c1-15-7-5-14(6-8-16-2)10-9(11)12-3-4-13-10/h3-4H,5-8H2,1-2H3. The Bertz CT molecular complexity index is 304. The number of rotatable bonds is 7. The van der Waals surface area contributed by atoms with E-state index >= 15 is 0 Å². The Morgan fingerprint density at radius 1 is 1.12 bits per heavy atom. The smallest absolute Gasteiger partial charge is 0.171 e. The summed E-state index contributed by atoms with van der Waals surface area (Å²) in [5.41, 5.74) is 0. The second-order valence-corrected chi connectivity index (χ2v) is 3.50. The van der Waals surface area contributed by atoms with Crippen LogP contribution >= 0.6 is 11.6 Å². The van der Waals surface area contributed by atoms with Crippen molar-refractivity contribution in [2.75, 3.05) is 45.4 Å². The first-order valence-corrected chi connectivity index (χ1v) is 5.36. The second kappa shape index (κ2) is 7.38. The van der Waals surface area contributed by atoms with E-state index in [0.717, 1.165) is 0 Å². The minimum absolute atomic E-state index is 0.398. The molecule has 0 atom stereocenters. The van der Waals surface area contributed by atoms with Crippen molar-refractivity contribution in [1.82, 2.24) is 9.97 Å². The van der Waals surface area contributed by atoms with Gasteiger partial charge in [-0.3, -0.25) is 0 Å². The normalized spacial score (nSPS) is 10.4. The number of halogens is 1. The molecule has 0 spiro atoms. The lowest BCUT2D eigenvalue weighted by Crippen LogP contribution is -2.31. The Kier molecular flexibility index (Phi) is 6.07. The molecule has 0 aliphatic rings.